The van der Waals surface area contributed by atoms with E-state index in [2.05, 4.69) is 12.2 Å². The summed E-state index contributed by atoms with van der Waals surface area (Å²) in [4.78, 5) is 23.5. The van der Waals surface area contributed by atoms with Gasteiger partial charge in [-0.1, -0.05) is 18.6 Å². The molecular weight excluding hydrogens is 290 g/mol. The Balaban J connectivity index is 1.48. The van der Waals surface area contributed by atoms with Crippen molar-refractivity contribution in [2.45, 2.75) is 45.6 Å². The van der Waals surface area contributed by atoms with Crippen LogP contribution in [-0.4, -0.2) is 24.3 Å². The zero-order valence-electron chi connectivity index (χ0n) is 13.9. The molecule has 1 N–H and O–H groups in total. The number of ether oxygens (including phenoxy) is 1. The van der Waals surface area contributed by atoms with E-state index in [1.54, 1.807) is 24.3 Å². The van der Waals surface area contributed by atoms with Crippen molar-refractivity contribution in [3.63, 3.8) is 0 Å². The number of fused-ring (bicyclic) bond motifs is 2. The largest absolute Gasteiger partial charge is 0.484 e. The molecule has 4 nitrogen and oxygen atoms in total. The van der Waals surface area contributed by atoms with E-state index in [0.717, 1.165) is 11.8 Å². The Hall–Kier alpha value is -1.84. The molecule has 1 aromatic rings. The molecule has 4 heteroatoms. The van der Waals surface area contributed by atoms with E-state index in [4.69, 9.17) is 4.74 Å². The lowest BCUT2D eigenvalue weighted by atomic mass is 9.84. The molecule has 0 heterocycles. The summed E-state index contributed by atoms with van der Waals surface area (Å²) in [5.41, 5.74) is 0.596. The quantitative estimate of drug-likeness (QED) is 0.820. The molecule has 4 atom stereocenters. The summed E-state index contributed by atoms with van der Waals surface area (Å²) in [5, 5.41) is 3.08. The predicted molar refractivity (Wildman–Crippen MR) is 88.5 cm³/mol. The number of rotatable bonds is 6. The van der Waals surface area contributed by atoms with E-state index in [0.29, 0.717) is 17.2 Å². The van der Waals surface area contributed by atoms with Crippen LogP contribution in [0.3, 0.4) is 0 Å². The first-order valence-electron chi connectivity index (χ1n) is 8.56. The minimum Gasteiger partial charge on any atom is -0.484 e. The monoisotopic (exact) mass is 315 g/mol. The van der Waals surface area contributed by atoms with Gasteiger partial charge in [-0.15, -0.1) is 0 Å². The fourth-order valence-corrected chi connectivity index (χ4v) is 4.26. The van der Waals surface area contributed by atoms with Crippen molar-refractivity contribution < 1.29 is 14.3 Å². The molecule has 2 fully saturated rings. The van der Waals surface area contributed by atoms with Gasteiger partial charge in [0.05, 0.1) is 0 Å². The molecule has 2 bridgehead atoms. The Kier molecular flexibility index (Phi) is 4.69. The van der Waals surface area contributed by atoms with Crippen LogP contribution in [0.15, 0.2) is 24.3 Å². The van der Waals surface area contributed by atoms with Gasteiger partial charge in [0.2, 0.25) is 0 Å². The lowest BCUT2D eigenvalue weighted by molar-refractivity contribution is -0.124. The van der Waals surface area contributed by atoms with Crippen LogP contribution in [0.25, 0.3) is 0 Å². The maximum absolute atomic E-state index is 12.1. The second-order valence-electron chi connectivity index (χ2n) is 7.07. The molecular formula is C19H25NO3. The Morgan fingerprint density at radius 1 is 1.30 bits per heavy atom. The summed E-state index contributed by atoms with van der Waals surface area (Å²) >= 11 is 0. The van der Waals surface area contributed by atoms with Crippen LogP contribution in [0, 0.1) is 17.8 Å². The van der Waals surface area contributed by atoms with Crippen molar-refractivity contribution in [1.29, 1.82) is 0 Å². The number of amides is 1. The molecule has 2 aliphatic carbocycles. The maximum Gasteiger partial charge on any atom is 0.258 e. The zero-order valence-corrected chi connectivity index (χ0v) is 13.9. The summed E-state index contributed by atoms with van der Waals surface area (Å²) in [7, 11) is 0. The van der Waals surface area contributed by atoms with Gasteiger partial charge in [-0.05, 0) is 63.0 Å². The second kappa shape index (κ2) is 6.73. The smallest absolute Gasteiger partial charge is 0.258 e. The van der Waals surface area contributed by atoms with E-state index in [1.807, 2.05) is 0 Å². The third-order valence-corrected chi connectivity index (χ3v) is 5.43. The second-order valence-corrected chi connectivity index (χ2v) is 7.07. The highest BCUT2D eigenvalue weighted by atomic mass is 16.5. The van der Waals surface area contributed by atoms with Crippen LogP contribution in [0.5, 0.6) is 5.75 Å². The van der Waals surface area contributed by atoms with Gasteiger partial charge in [-0.3, -0.25) is 9.59 Å². The molecule has 0 saturated heterocycles. The van der Waals surface area contributed by atoms with E-state index in [1.165, 1.54) is 32.6 Å². The lowest BCUT2D eigenvalue weighted by Gasteiger charge is -2.28. The van der Waals surface area contributed by atoms with Crippen LogP contribution in [0.1, 0.15) is 49.9 Å². The minimum atomic E-state index is -0.0894. The van der Waals surface area contributed by atoms with E-state index >= 15 is 0 Å². The Bertz CT molecular complexity index is 598. The van der Waals surface area contributed by atoms with Crippen molar-refractivity contribution in [3.05, 3.63) is 29.8 Å². The summed E-state index contributed by atoms with van der Waals surface area (Å²) in [6.07, 6.45) is 5.30. The van der Waals surface area contributed by atoms with Gasteiger partial charge in [-0.25, -0.2) is 0 Å². The van der Waals surface area contributed by atoms with Crippen LogP contribution < -0.4 is 10.1 Å². The van der Waals surface area contributed by atoms with Crippen molar-refractivity contribution in [1.82, 2.24) is 5.32 Å². The number of hydrogen-bond acceptors (Lipinski definition) is 3. The van der Waals surface area contributed by atoms with E-state index < -0.39 is 0 Å². The summed E-state index contributed by atoms with van der Waals surface area (Å²) in [6.45, 7) is 3.62. The first kappa shape index (κ1) is 16.0. The van der Waals surface area contributed by atoms with Crippen LogP contribution in [0.2, 0.25) is 0 Å². The SMILES string of the molecule is CC(=O)c1cccc(OCC(=O)N[C@@H](C)[C@@H]2C[C@H]3CC[C@H]2C3)c1. The van der Waals surface area contributed by atoms with Crippen LogP contribution in [0.4, 0.5) is 0 Å². The molecule has 0 radical (unpaired) electrons. The van der Waals surface area contributed by atoms with Gasteiger partial charge in [0.15, 0.2) is 12.4 Å². The highest BCUT2D eigenvalue weighted by Gasteiger charge is 2.42. The van der Waals surface area contributed by atoms with Gasteiger partial charge in [0.1, 0.15) is 5.75 Å². The summed E-state index contributed by atoms with van der Waals surface area (Å²) < 4.78 is 5.52. The lowest BCUT2D eigenvalue weighted by Crippen LogP contribution is -2.42. The Labute approximate surface area is 137 Å². The third-order valence-electron chi connectivity index (χ3n) is 5.43. The molecule has 23 heavy (non-hydrogen) atoms. The number of ketones is 1. The van der Waals surface area contributed by atoms with Gasteiger partial charge >= 0.3 is 0 Å². The maximum atomic E-state index is 12.1. The van der Waals surface area contributed by atoms with Crippen molar-refractivity contribution in [3.8, 4) is 5.75 Å². The fraction of sp³-hybridized carbons (Fsp3) is 0.579. The molecule has 2 saturated carbocycles. The third kappa shape index (κ3) is 3.74. The molecule has 124 valence electrons. The molecule has 0 spiro atoms. The molecule has 1 aromatic carbocycles. The Morgan fingerprint density at radius 3 is 2.78 bits per heavy atom. The Morgan fingerprint density at radius 2 is 2.13 bits per heavy atom. The molecule has 3 rings (SSSR count). The molecule has 2 aliphatic rings. The number of benzene rings is 1. The standard InChI is InChI=1S/C19H25NO3/c1-12(18-9-14-6-7-16(18)8-14)20-19(22)11-23-17-5-3-4-15(10-17)13(2)21/h3-5,10,12,14,16,18H,6-9,11H2,1-2H3,(H,20,22)/t12-,14-,16-,18-/m0/s1. The number of Topliss-reactive ketones (excluding diaryl/α,β-unsaturated/α-hetero) is 1. The van der Waals surface area contributed by atoms with Gasteiger partial charge < -0.3 is 10.1 Å². The molecule has 0 unspecified atom stereocenters. The van der Waals surface area contributed by atoms with Crippen LogP contribution >= 0.6 is 0 Å². The fourth-order valence-electron chi connectivity index (χ4n) is 4.26. The van der Waals surface area contributed by atoms with Crippen LogP contribution in [-0.2, 0) is 4.79 Å². The van der Waals surface area contributed by atoms with Gasteiger partial charge in [0, 0.05) is 11.6 Å². The number of carbonyl (C=O) groups excluding carboxylic acids is 2. The first-order valence-corrected chi connectivity index (χ1v) is 8.56. The highest BCUT2D eigenvalue weighted by Crippen LogP contribution is 2.49. The topological polar surface area (TPSA) is 55.4 Å². The minimum absolute atomic E-state index is 0.00743. The average molecular weight is 315 g/mol. The van der Waals surface area contributed by atoms with Crippen molar-refractivity contribution in [2.75, 3.05) is 6.61 Å². The molecule has 0 aliphatic heterocycles. The zero-order chi connectivity index (χ0) is 16.4. The predicted octanol–water partition coefficient (Wildman–Crippen LogP) is 3.21. The number of carbonyl (C=O) groups is 2. The van der Waals surface area contributed by atoms with Crippen molar-refractivity contribution in [2.24, 2.45) is 17.8 Å². The van der Waals surface area contributed by atoms with Crippen molar-refractivity contribution >= 4 is 11.7 Å². The molecule has 0 aromatic heterocycles. The van der Waals surface area contributed by atoms with Gasteiger partial charge in [0.25, 0.3) is 5.91 Å². The average Bonchev–Trinajstić information content (AvgIpc) is 3.16. The first-order chi connectivity index (χ1) is 11.0. The summed E-state index contributed by atoms with van der Waals surface area (Å²) in [6, 6.07) is 7.16. The van der Waals surface area contributed by atoms with Gasteiger partial charge in [-0.2, -0.15) is 0 Å². The number of nitrogens with one attached hydrogen (secondary N) is 1. The van der Waals surface area contributed by atoms with E-state index in [9.17, 15) is 9.59 Å². The number of hydrogen-bond donors (Lipinski definition) is 1. The highest BCUT2D eigenvalue weighted by molar-refractivity contribution is 5.94. The van der Waals surface area contributed by atoms with E-state index in [-0.39, 0.29) is 24.3 Å². The summed E-state index contributed by atoms with van der Waals surface area (Å²) in [5.74, 6) is 2.76. The molecule has 1 amide bonds. The normalized spacial score (nSPS) is 26.8.